The fourth-order valence-electron chi connectivity index (χ4n) is 3.81. The number of halogens is 1. The van der Waals surface area contributed by atoms with Crippen LogP contribution in [0.15, 0.2) is 94.3 Å². The van der Waals surface area contributed by atoms with Crippen LogP contribution in [0.2, 0.25) is 0 Å². The minimum absolute atomic E-state index is 0.0139. The molecule has 6 heteroatoms. The van der Waals surface area contributed by atoms with Gasteiger partial charge in [0, 0.05) is 41.1 Å². The Morgan fingerprint density at radius 1 is 0.943 bits per heavy atom. The van der Waals surface area contributed by atoms with Gasteiger partial charge in [-0.3, -0.25) is 9.59 Å². The summed E-state index contributed by atoms with van der Waals surface area (Å²) in [5, 5.41) is 3.07. The number of nitrogens with zero attached hydrogens (tertiary/aromatic N) is 1. The summed E-state index contributed by atoms with van der Waals surface area (Å²) in [6.45, 7) is 3.09. The van der Waals surface area contributed by atoms with E-state index in [0.717, 1.165) is 33.3 Å². The van der Waals surface area contributed by atoms with Crippen molar-refractivity contribution in [1.29, 1.82) is 0 Å². The van der Waals surface area contributed by atoms with Crippen molar-refractivity contribution in [3.8, 4) is 0 Å². The van der Waals surface area contributed by atoms with E-state index in [1.165, 1.54) is 0 Å². The summed E-state index contributed by atoms with van der Waals surface area (Å²) in [6.07, 6.45) is 2.75. The van der Waals surface area contributed by atoms with Gasteiger partial charge < -0.3 is 10.2 Å². The quantitative estimate of drug-likeness (QED) is 0.195. The summed E-state index contributed by atoms with van der Waals surface area (Å²) in [7, 11) is 0. The lowest BCUT2D eigenvalue weighted by atomic mass is 10.0. The third kappa shape index (κ3) is 9.19. The van der Waals surface area contributed by atoms with Crippen LogP contribution < -0.4 is 5.32 Å². The van der Waals surface area contributed by atoms with Crippen LogP contribution in [0.4, 0.5) is 0 Å². The van der Waals surface area contributed by atoms with Crippen LogP contribution in [0, 0.1) is 0 Å². The third-order valence-corrected chi connectivity index (χ3v) is 7.18. The molecule has 3 rings (SSSR count). The Bertz CT molecular complexity index is 1060. The number of carbonyl (C=O) groups excluding carboxylic acids is 2. The van der Waals surface area contributed by atoms with Crippen molar-refractivity contribution in [2.75, 3.05) is 12.3 Å². The zero-order valence-corrected chi connectivity index (χ0v) is 22.6. The van der Waals surface area contributed by atoms with Crippen LogP contribution in [0.1, 0.15) is 37.3 Å². The highest BCUT2D eigenvalue weighted by atomic mass is 79.9. The number of hydrogen-bond acceptors (Lipinski definition) is 3. The second-order valence-corrected chi connectivity index (χ2v) is 10.5. The molecule has 0 unspecified atom stereocenters. The first-order chi connectivity index (χ1) is 17.1. The number of carbonyl (C=O) groups is 2. The van der Waals surface area contributed by atoms with Crippen molar-refractivity contribution < 1.29 is 9.59 Å². The molecule has 0 aliphatic rings. The predicted molar refractivity (Wildman–Crippen MR) is 148 cm³/mol. The van der Waals surface area contributed by atoms with Crippen LogP contribution >= 0.6 is 27.7 Å². The number of amides is 2. The normalized spacial score (nSPS) is 11.6. The molecule has 4 nitrogen and oxygen atoms in total. The van der Waals surface area contributed by atoms with E-state index < -0.39 is 6.04 Å². The van der Waals surface area contributed by atoms with E-state index in [9.17, 15) is 9.59 Å². The smallest absolute Gasteiger partial charge is 0.243 e. The Morgan fingerprint density at radius 3 is 2.31 bits per heavy atom. The van der Waals surface area contributed by atoms with E-state index >= 15 is 0 Å². The molecule has 184 valence electrons. The molecular formula is C29H33BrN2O2S. The van der Waals surface area contributed by atoms with Crippen LogP contribution in [-0.4, -0.2) is 35.1 Å². The molecule has 35 heavy (non-hydrogen) atoms. The van der Waals surface area contributed by atoms with Crippen molar-refractivity contribution in [2.24, 2.45) is 0 Å². The van der Waals surface area contributed by atoms with Crippen LogP contribution in [0.5, 0.6) is 0 Å². The molecule has 0 aromatic heterocycles. The van der Waals surface area contributed by atoms with Gasteiger partial charge in [-0.2, -0.15) is 0 Å². The summed E-state index contributed by atoms with van der Waals surface area (Å²) in [5.74, 6) is 0.550. The van der Waals surface area contributed by atoms with Gasteiger partial charge in [0.25, 0.3) is 0 Å². The topological polar surface area (TPSA) is 49.4 Å². The average molecular weight is 554 g/mol. The monoisotopic (exact) mass is 552 g/mol. The van der Waals surface area contributed by atoms with Crippen molar-refractivity contribution in [3.05, 3.63) is 101 Å². The lowest BCUT2D eigenvalue weighted by Gasteiger charge is -2.31. The van der Waals surface area contributed by atoms with Gasteiger partial charge in [0.15, 0.2) is 0 Å². The lowest BCUT2D eigenvalue weighted by molar-refractivity contribution is -0.141. The van der Waals surface area contributed by atoms with E-state index in [1.54, 1.807) is 16.7 Å². The Labute approximate surface area is 221 Å². The van der Waals surface area contributed by atoms with Gasteiger partial charge in [-0.25, -0.2) is 0 Å². The van der Waals surface area contributed by atoms with Crippen LogP contribution in [0.25, 0.3) is 0 Å². The van der Waals surface area contributed by atoms with E-state index in [1.807, 2.05) is 84.9 Å². The highest BCUT2D eigenvalue weighted by Gasteiger charge is 2.30. The van der Waals surface area contributed by atoms with Gasteiger partial charge in [-0.1, -0.05) is 89.9 Å². The lowest BCUT2D eigenvalue weighted by Crippen LogP contribution is -2.50. The number of unbranched alkanes of at least 4 members (excludes halogenated alkanes) is 1. The van der Waals surface area contributed by atoms with Crippen molar-refractivity contribution in [3.63, 3.8) is 0 Å². The second kappa shape index (κ2) is 14.7. The van der Waals surface area contributed by atoms with E-state index in [4.69, 9.17) is 0 Å². The molecule has 0 fully saturated rings. The summed E-state index contributed by atoms with van der Waals surface area (Å²) >= 11 is 5.19. The summed E-state index contributed by atoms with van der Waals surface area (Å²) in [5.41, 5.74) is 2.02. The number of hydrogen-bond donors (Lipinski definition) is 1. The molecule has 3 aromatic rings. The summed E-state index contributed by atoms with van der Waals surface area (Å²) in [4.78, 5) is 29.9. The molecule has 1 atom stereocenters. The molecule has 0 radical (unpaired) electrons. The fraction of sp³-hybridized carbons (Fsp3) is 0.310. The van der Waals surface area contributed by atoms with Crippen LogP contribution in [0.3, 0.4) is 0 Å². The molecule has 0 spiro atoms. The van der Waals surface area contributed by atoms with E-state index in [-0.39, 0.29) is 11.8 Å². The first kappa shape index (κ1) is 27.0. The maximum atomic E-state index is 13.6. The average Bonchev–Trinajstić information content (AvgIpc) is 2.87. The highest BCUT2D eigenvalue weighted by Crippen LogP contribution is 2.21. The van der Waals surface area contributed by atoms with Gasteiger partial charge in [0.05, 0.1) is 0 Å². The first-order valence-electron chi connectivity index (χ1n) is 12.1. The largest absolute Gasteiger partial charge is 0.354 e. The first-order valence-corrected chi connectivity index (χ1v) is 13.9. The standard InChI is InChI=1S/C29H33BrN2O2S/c1-2-3-18-31-29(34)27(21-23-11-6-4-7-12-23)32(22-24-13-10-14-25(30)20-24)28(33)17-19-35-26-15-8-5-9-16-26/h4-16,20,27H,2-3,17-19,21-22H2,1H3,(H,31,34)/t27-/m1/s1. The SMILES string of the molecule is CCCCNC(=O)[C@@H](Cc1ccccc1)N(Cc1cccc(Br)c1)C(=O)CCSc1ccccc1. The molecule has 0 bridgehead atoms. The minimum Gasteiger partial charge on any atom is -0.354 e. The number of benzene rings is 3. The van der Waals surface area contributed by atoms with E-state index in [2.05, 4.69) is 28.2 Å². The number of thioether (sulfide) groups is 1. The minimum atomic E-state index is -0.581. The molecule has 2 amide bonds. The molecule has 0 saturated carbocycles. The Balaban J connectivity index is 1.83. The van der Waals surface area contributed by atoms with E-state index in [0.29, 0.717) is 31.7 Å². The number of rotatable bonds is 13. The molecule has 0 aliphatic heterocycles. The van der Waals surface area contributed by atoms with Crippen molar-refractivity contribution >= 4 is 39.5 Å². The zero-order chi connectivity index (χ0) is 24.9. The van der Waals surface area contributed by atoms with Gasteiger partial charge >= 0.3 is 0 Å². The van der Waals surface area contributed by atoms with Gasteiger partial charge in [-0.05, 0) is 41.8 Å². The van der Waals surface area contributed by atoms with Crippen molar-refractivity contribution in [2.45, 2.75) is 50.1 Å². The van der Waals surface area contributed by atoms with Gasteiger partial charge in [0.1, 0.15) is 6.04 Å². The summed E-state index contributed by atoms with van der Waals surface area (Å²) in [6, 6.07) is 27.4. The molecule has 0 aliphatic carbocycles. The predicted octanol–water partition coefficient (Wildman–Crippen LogP) is 6.49. The Kier molecular flexibility index (Phi) is 11.4. The fourth-order valence-corrected chi connectivity index (χ4v) is 5.12. The molecule has 0 saturated heterocycles. The second-order valence-electron chi connectivity index (χ2n) is 8.41. The van der Waals surface area contributed by atoms with Gasteiger partial charge in [0.2, 0.25) is 11.8 Å². The Morgan fingerprint density at radius 2 is 1.63 bits per heavy atom. The highest BCUT2D eigenvalue weighted by molar-refractivity contribution is 9.10. The Hall–Kier alpha value is -2.57. The zero-order valence-electron chi connectivity index (χ0n) is 20.2. The maximum Gasteiger partial charge on any atom is 0.243 e. The van der Waals surface area contributed by atoms with Crippen molar-refractivity contribution in [1.82, 2.24) is 10.2 Å². The molecule has 3 aromatic carbocycles. The van der Waals surface area contributed by atoms with Crippen LogP contribution in [-0.2, 0) is 22.6 Å². The van der Waals surface area contributed by atoms with Gasteiger partial charge in [-0.15, -0.1) is 11.8 Å². The maximum absolute atomic E-state index is 13.6. The summed E-state index contributed by atoms with van der Waals surface area (Å²) < 4.78 is 0.953. The number of nitrogens with one attached hydrogen (secondary N) is 1. The molecule has 1 N–H and O–H groups in total. The molecular weight excluding hydrogens is 520 g/mol. The molecule has 0 heterocycles. The third-order valence-electron chi connectivity index (χ3n) is 5.67.